The van der Waals surface area contributed by atoms with E-state index in [1.54, 1.807) is 7.05 Å². The predicted molar refractivity (Wildman–Crippen MR) is 65.9 cm³/mol. The Morgan fingerprint density at radius 1 is 1.53 bits per heavy atom. The number of hydrogen-bond acceptors (Lipinski definition) is 4. The molecule has 0 spiro atoms. The molecule has 0 aromatic carbocycles. The van der Waals surface area contributed by atoms with Crippen LogP contribution in [0.15, 0.2) is 0 Å². The summed E-state index contributed by atoms with van der Waals surface area (Å²) in [5.74, 6) is -0.402. The molecular weight excluding hydrogens is 246 g/mol. The maximum atomic E-state index is 11.7. The van der Waals surface area contributed by atoms with E-state index in [2.05, 4.69) is 5.32 Å². The molecule has 100 valence electrons. The van der Waals surface area contributed by atoms with Crippen LogP contribution in [-0.2, 0) is 14.3 Å². The van der Waals surface area contributed by atoms with Gasteiger partial charge in [0.1, 0.15) is 6.10 Å². The fourth-order valence-electron chi connectivity index (χ4n) is 1.34. The Kier molecular flexibility index (Phi) is 7.10. The third-order valence-electron chi connectivity index (χ3n) is 2.47. The number of rotatable bonds is 6. The highest BCUT2D eigenvalue weighted by molar-refractivity contribution is 5.87. The summed E-state index contributed by atoms with van der Waals surface area (Å²) in [5, 5.41) is 2.81. The summed E-state index contributed by atoms with van der Waals surface area (Å²) in [6, 6.07) is 0.309. The number of amides is 2. The van der Waals surface area contributed by atoms with Crippen molar-refractivity contribution in [3.63, 3.8) is 0 Å². The standard InChI is InChI=1S/C10H19N3O3.ClH/c1-13(10(15)8(5-11)16-2)6-9(14)12-7-3-4-7;/h7-8H,3-6,11H2,1-2H3,(H,12,14);1H. The SMILES string of the molecule is COC(CN)C(=O)N(C)CC(=O)NC1CC1.Cl. The third kappa shape index (κ3) is 5.34. The van der Waals surface area contributed by atoms with Crippen molar-refractivity contribution in [2.24, 2.45) is 5.73 Å². The Morgan fingerprint density at radius 3 is 2.53 bits per heavy atom. The summed E-state index contributed by atoms with van der Waals surface area (Å²) < 4.78 is 4.91. The number of nitrogens with zero attached hydrogens (tertiary/aromatic N) is 1. The predicted octanol–water partition coefficient (Wildman–Crippen LogP) is -0.881. The van der Waals surface area contributed by atoms with Crippen LogP contribution in [0.2, 0.25) is 0 Å². The smallest absolute Gasteiger partial charge is 0.253 e. The second-order valence-corrected chi connectivity index (χ2v) is 4.00. The number of ether oxygens (including phenoxy) is 1. The van der Waals surface area contributed by atoms with Gasteiger partial charge in [-0.3, -0.25) is 9.59 Å². The van der Waals surface area contributed by atoms with Crippen LogP contribution < -0.4 is 11.1 Å². The lowest BCUT2D eigenvalue weighted by molar-refractivity contribution is -0.142. The lowest BCUT2D eigenvalue weighted by Crippen LogP contribution is -2.46. The van der Waals surface area contributed by atoms with E-state index in [0.717, 1.165) is 12.8 Å². The number of nitrogens with two attached hydrogens (primary N) is 1. The topological polar surface area (TPSA) is 84.7 Å². The second kappa shape index (κ2) is 7.47. The average molecular weight is 266 g/mol. The molecule has 0 aromatic rings. The molecule has 7 heteroatoms. The van der Waals surface area contributed by atoms with Crippen molar-refractivity contribution >= 4 is 24.2 Å². The van der Waals surface area contributed by atoms with Crippen LogP contribution in [0.4, 0.5) is 0 Å². The number of carbonyl (C=O) groups is 2. The first kappa shape index (κ1) is 16.1. The van der Waals surface area contributed by atoms with Crippen LogP contribution in [0, 0.1) is 0 Å². The largest absolute Gasteiger partial charge is 0.370 e. The minimum Gasteiger partial charge on any atom is -0.370 e. The summed E-state index contributed by atoms with van der Waals surface area (Å²) in [4.78, 5) is 24.4. The molecule has 1 fully saturated rings. The van der Waals surface area contributed by atoms with Gasteiger partial charge in [-0.15, -0.1) is 12.4 Å². The average Bonchev–Trinajstić information content (AvgIpc) is 3.03. The van der Waals surface area contributed by atoms with Crippen molar-refractivity contribution in [1.82, 2.24) is 10.2 Å². The second-order valence-electron chi connectivity index (χ2n) is 4.00. The van der Waals surface area contributed by atoms with Crippen LogP contribution in [0.3, 0.4) is 0 Å². The first-order valence-corrected chi connectivity index (χ1v) is 5.35. The Balaban J connectivity index is 0.00000256. The van der Waals surface area contributed by atoms with E-state index in [1.807, 2.05) is 0 Å². The van der Waals surface area contributed by atoms with Gasteiger partial charge in [0.25, 0.3) is 5.91 Å². The Morgan fingerprint density at radius 2 is 2.12 bits per heavy atom. The van der Waals surface area contributed by atoms with E-state index in [4.69, 9.17) is 10.5 Å². The van der Waals surface area contributed by atoms with Crippen LogP contribution >= 0.6 is 12.4 Å². The van der Waals surface area contributed by atoms with Gasteiger partial charge >= 0.3 is 0 Å². The first-order valence-electron chi connectivity index (χ1n) is 5.35. The van der Waals surface area contributed by atoms with Crippen LogP contribution in [-0.4, -0.2) is 56.1 Å². The van der Waals surface area contributed by atoms with Gasteiger partial charge in [0.05, 0.1) is 6.54 Å². The van der Waals surface area contributed by atoms with E-state index in [0.29, 0.717) is 6.04 Å². The molecule has 1 saturated carbocycles. The highest BCUT2D eigenvalue weighted by atomic mass is 35.5. The van der Waals surface area contributed by atoms with Crippen molar-refractivity contribution in [2.45, 2.75) is 25.0 Å². The van der Waals surface area contributed by atoms with Gasteiger partial charge in [0.2, 0.25) is 5.91 Å². The molecule has 1 atom stereocenters. The van der Waals surface area contributed by atoms with Crippen molar-refractivity contribution in [2.75, 3.05) is 27.2 Å². The van der Waals surface area contributed by atoms with Gasteiger partial charge in [-0.1, -0.05) is 0 Å². The van der Waals surface area contributed by atoms with Crippen LogP contribution in [0.1, 0.15) is 12.8 Å². The molecule has 1 aliphatic rings. The summed E-state index contributed by atoms with van der Waals surface area (Å²) >= 11 is 0. The molecule has 3 N–H and O–H groups in total. The van der Waals surface area contributed by atoms with Gasteiger partial charge in [0.15, 0.2) is 0 Å². The number of hydrogen-bond donors (Lipinski definition) is 2. The molecule has 0 bridgehead atoms. The van der Waals surface area contributed by atoms with Gasteiger partial charge < -0.3 is 20.7 Å². The van der Waals surface area contributed by atoms with E-state index in [9.17, 15) is 9.59 Å². The van der Waals surface area contributed by atoms with E-state index in [-0.39, 0.29) is 37.3 Å². The maximum Gasteiger partial charge on any atom is 0.253 e. The summed E-state index contributed by atoms with van der Waals surface area (Å²) in [6.07, 6.45) is 1.40. The minimum absolute atomic E-state index is 0. The summed E-state index contributed by atoms with van der Waals surface area (Å²) in [7, 11) is 2.99. The molecule has 0 aromatic heterocycles. The number of carbonyl (C=O) groups excluding carboxylic acids is 2. The quantitative estimate of drug-likeness (QED) is 0.653. The molecule has 0 aliphatic heterocycles. The molecule has 0 saturated heterocycles. The lowest BCUT2D eigenvalue weighted by Gasteiger charge is -2.21. The van der Waals surface area contributed by atoms with Crippen molar-refractivity contribution in [3.8, 4) is 0 Å². The molecule has 6 nitrogen and oxygen atoms in total. The van der Waals surface area contributed by atoms with E-state index >= 15 is 0 Å². The Labute approximate surface area is 107 Å². The monoisotopic (exact) mass is 265 g/mol. The number of likely N-dealkylation sites (N-methyl/N-ethyl adjacent to an activating group) is 1. The van der Waals surface area contributed by atoms with E-state index in [1.165, 1.54) is 12.0 Å². The highest BCUT2D eigenvalue weighted by Gasteiger charge is 2.26. The van der Waals surface area contributed by atoms with Crippen LogP contribution in [0.5, 0.6) is 0 Å². The molecule has 0 heterocycles. The van der Waals surface area contributed by atoms with Gasteiger partial charge in [0, 0.05) is 26.7 Å². The molecule has 2 amide bonds. The Hall–Kier alpha value is -0.850. The number of nitrogens with one attached hydrogen (secondary N) is 1. The van der Waals surface area contributed by atoms with Crippen molar-refractivity contribution in [3.05, 3.63) is 0 Å². The third-order valence-corrected chi connectivity index (χ3v) is 2.47. The van der Waals surface area contributed by atoms with Crippen molar-refractivity contribution < 1.29 is 14.3 Å². The molecule has 1 aliphatic carbocycles. The zero-order valence-corrected chi connectivity index (χ0v) is 11.0. The lowest BCUT2D eigenvalue weighted by atomic mass is 10.3. The number of methoxy groups -OCH3 is 1. The molecule has 0 radical (unpaired) electrons. The molecule has 1 rings (SSSR count). The van der Waals surface area contributed by atoms with E-state index < -0.39 is 6.10 Å². The van der Waals surface area contributed by atoms with Crippen molar-refractivity contribution in [1.29, 1.82) is 0 Å². The molecule has 1 unspecified atom stereocenters. The summed E-state index contributed by atoms with van der Waals surface area (Å²) in [6.45, 7) is 0.166. The van der Waals surface area contributed by atoms with Crippen LogP contribution in [0.25, 0.3) is 0 Å². The zero-order chi connectivity index (χ0) is 12.1. The first-order chi connectivity index (χ1) is 7.58. The molecule has 17 heavy (non-hydrogen) atoms. The fraction of sp³-hybridized carbons (Fsp3) is 0.800. The molecular formula is C10H20ClN3O3. The van der Waals surface area contributed by atoms with Gasteiger partial charge in [-0.2, -0.15) is 0 Å². The number of halogens is 1. The van der Waals surface area contributed by atoms with Gasteiger partial charge in [-0.25, -0.2) is 0 Å². The normalized spacial score (nSPS) is 15.7. The Bertz CT molecular complexity index is 268. The zero-order valence-electron chi connectivity index (χ0n) is 10.1. The minimum atomic E-state index is -0.668. The fourth-order valence-corrected chi connectivity index (χ4v) is 1.34. The van der Waals surface area contributed by atoms with Gasteiger partial charge in [-0.05, 0) is 12.8 Å². The summed E-state index contributed by atoms with van der Waals surface area (Å²) in [5.41, 5.74) is 5.37. The highest BCUT2D eigenvalue weighted by Crippen LogP contribution is 2.18. The maximum absolute atomic E-state index is 11.7.